The minimum atomic E-state index is -0.893. The van der Waals surface area contributed by atoms with Crippen LogP contribution in [0.2, 0.25) is 0 Å². The molecule has 8 bridgehead atoms. The summed E-state index contributed by atoms with van der Waals surface area (Å²) in [5, 5.41) is 65.0. The van der Waals surface area contributed by atoms with Gasteiger partial charge in [-0.05, 0) is 198 Å². The van der Waals surface area contributed by atoms with Crippen LogP contribution < -0.4 is 39.2 Å². The molecular formula is C88H112N4O8. The van der Waals surface area contributed by atoms with E-state index in [4.69, 9.17) is 18.9 Å². The fourth-order valence-electron chi connectivity index (χ4n) is 12.6. The summed E-state index contributed by atoms with van der Waals surface area (Å²) in [6.45, 7) is 49.8. The average Bonchev–Trinajstić information content (AvgIpc) is 0.763. The van der Waals surface area contributed by atoms with E-state index in [9.17, 15) is 0 Å². The van der Waals surface area contributed by atoms with Crippen LogP contribution in [-0.2, 0) is 94.6 Å². The van der Waals surface area contributed by atoms with Crippen LogP contribution in [0.25, 0.3) is 0 Å². The maximum atomic E-state index is 15.2. The topological polar surface area (TPSA) is 129 Å². The van der Waals surface area contributed by atoms with Crippen molar-refractivity contribution >= 4 is 22.7 Å². The van der Waals surface area contributed by atoms with Gasteiger partial charge >= 0.3 is 0 Å². The summed E-state index contributed by atoms with van der Waals surface area (Å²) in [6.07, 6.45) is 0.513. The van der Waals surface area contributed by atoms with Crippen LogP contribution in [0.15, 0.2) is 146 Å². The lowest BCUT2D eigenvalue weighted by molar-refractivity contribution is 0.102. The Kier molecular flexibility index (Phi) is 21.9. The zero-order valence-corrected chi connectivity index (χ0v) is 64.6. The Morgan fingerprint density at radius 1 is 0.240 bits per heavy atom. The first-order valence-corrected chi connectivity index (χ1v) is 35.6. The summed E-state index contributed by atoms with van der Waals surface area (Å²) in [7, 11) is 0. The van der Waals surface area contributed by atoms with Crippen molar-refractivity contribution < 1.29 is 39.8 Å². The Hall–Kier alpha value is -8.00. The number of hydrogen-bond acceptors (Lipinski definition) is 8. The van der Waals surface area contributed by atoms with Crippen molar-refractivity contribution in [3.05, 3.63) is 235 Å². The normalized spacial score (nSPS) is 13.4. The first kappa shape index (κ1) is 76.2. The van der Waals surface area contributed by atoms with E-state index in [0.29, 0.717) is 90.3 Å². The lowest BCUT2D eigenvalue weighted by Gasteiger charge is -2.32. The molecule has 0 saturated heterocycles. The third kappa shape index (κ3) is 18.6. The molecule has 1 aliphatic carbocycles. The molecule has 4 radical (unpaired) electrons. The SMILES string of the molecule is CC(C)(C)c1ccc(COc2c3cc(N([O])C(C)(C)C)cc2Cc2cc(N([O])C(C)(C)C)cc(c2OCc2ccc(C(C)(C)C)cc2)Cc2cc(N([O])C(C)(C)C)cc(c2OCc2ccc(C(C)(C)C)cc2)Cc2cc(N([O])C(C)(C)C)cc(c2OCc2ccc(C(C)(C)C)cc2)C3)cc1. The molecule has 0 amide bonds. The van der Waals surface area contributed by atoms with E-state index in [-0.39, 0.29) is 73.8 Å². The highest BCUT2D eigenvalue weighted by Crippen LogP contribution is 2.47. The quantitative estimate of drug-likeness (QED) is 0.0875. The van der Waals surface area contributed by atoms with Crippen LogP contribution in [0.4, 0.5) is 22.7 Å². The molecule has 0 unspecified atom stereocenters. The Labute approximate surface area is 599 Å². The number of hydroxylamine groups is 4. The molecule has 9 rings (SSSR count). The van der Waals surface area contributed by atoms with Crippen LogP contribution in [0.3, 0.4) is 0 Å². The highest BCUT2D eigenvalue weighted by Gasteiger charge is 2.33. The van der Waals surface area contributed by atoms with E-state index < -0.39 is 22.2 Å². The van der Waals surface area contributed by atoms with E-state index in [1.165, 1.54) is 22.3 Å². The highest BCUT2D eigenvalue weighted by molar-refractivity contribution is 5.68. The first-order chi connectivity index (χ1) is 46.2. The third-order valence-corrected chi connectivity index (χ3v) is 18.6. The van der Waals surface area contributed by atoms with Crippen molar-refractivity contribution in [2.24, 2.45) is 0 Å². The van der Waals surface area contributed by atoms with Gasteiger partial charge in [0.2, 0.25) is 0 Å². The molecule has 0 spiro atoms. The Bertz CT molecular complexity index is 3500. The molecule has 8 aromatic rings. The number of rotatable bonds is 16. The fraction of sp³-hybridized carbons (Fsp3) is 0.455. The van der Waals surface area contributed by atoms with Gasteiger partial charge in [-0.1, -0.05) is 201 Å². The molecule has 0 saturated carbocycles. The molecule has 1 aliphatic rings. The first-order valence-electron chi connectivity index (χ1n) is 35.6. The fourth-order valence-corrected chi connectivity index (χ4v) is 12.6. The van der Waals surface area contributed by atoms with Crippen LogP contribution in [-0.4, -0.2) is 22.2 Å². The average molecular weight is 1350 g/mol. The van der Waals surface area contributed by atoms with Crippen molar-refractivity contribution in [2.45, 2.75) is 262 Å². The van der Waals surface area contributed by atoms with Gasteiger partial charge in [-0.15, -0.1) is 0 Å². The van der Waals surface area contributed by atoms with Crippen molar-refractivity contribution in [3.63, 3.8) is 0 Å². The molecule has 0 N–H and O–H groups in total. The molecule has 8 aromatic carbocycles. The lowest BCUT2D eigenvalue weighted by atomic mass is 9.87. The van der Waals surface area contributed by atoms with Crippen LogP contribution in [0, 0.1) is 0 Å². The maximum absolute atomic E-state index is 15.2. The van der Waals surface area contributed by atoms with E-state index in [0.717, 1.165) is 42.5 Å². The molecule has 0 aromatic heterocycles. The molecule has 0 heterocycles. The number of fused-ring (bicyclic) bond motifs is 8. The summed E-state index contributed by atoms with van der Waals surface area (Å²) in [4.78, 5) is 0. The van der Waals surface area contributed by atoms with Gasteiger partial charge in [-0.2, -0.15) is 0 Å². The standard InChI is InChI=1S/C88H112N4O8/c1-81(2,3)69-33-25-57(26-34-69)53-97-77-61-41-63-47-74(90(94)86(16,17)18)49-65(78(63)98-54-58-27-35-70(36-28-58)82(4,5)6)43-67-51-76(92(96)88(22,23)24)52-68(80(67)100-56-60-31-39-72(40-32-60)84(10,11)12)44-66-50-75(91(95)87(19,20)21)48-64(42-62(77)46-73(45-61)89(93)85(13,14)15)79(66)99-55-59-29-37-71(38-30-59)83(7,8)9/h25-40,45-52H,41-44,53-56H2,1-24H3. The van der Waals surface area contributed by atoms with E-state index in [1.54, 1.807) is 0 Å². The van der Waals surface area contributed by atoms with Gasteiger partial charge in [0, 0.05) is 70.2 Å². The predicted molar refractivity (Wildman–Crippen MR) is 407 cm³/mol. The molecule has 12 heteroatoms. The smallest absolute Gasteiger partial charge is 0.127 e. The Morgan fingerprint density at radius 2 is 0.380 bits per heavy atom. The van der Waals surface area contributed by atoms with Crippen molar-refractivity contribution in [2.75, 3.05) is 20.3 Å². The summed E-state index contributed by atoms with van der Waals surface area (Å²) in [6, 6.07) is 49.5. The second-order valence-electron chi connectivity index (χ2n) is 35.9. The van der Waals surface area contributed by atoms with Gasteiger partial charge in [0.1, 0.15) is 49.4 Å². The largest absolute Gasteiger partial charge is 0.488 e. The molecule has 100 heavy (non-hydrogen) atoms. The summed E-state index contributed by atoms with van der Waals surface area (Å²) in [5.41, 5.74) is 11.5. The van der Waals surface area contributed by atoms with Crippen LogP contribution in [0.5, 0.6) is 23.0 Å². The van der Waals surface area contributed by atoms with Crippen molar-refractivity contribution in [1.29, 1.82) is 0 Å². The summed E-state index contributed by atoms with van der Waals surface area (Å²) < 4.78 is 29.5. The predicted octanol–water partition coefficient (Wildman–Crippen LogP) is 21.7. The van der Waals surface area contributed by atoms with Crippen LogP contribution in [0.1, 0.15) is 255 Å². The van der Waals surface area contributed by atoms with Gasteiger partial charge in [0.05, 0.1) is 44.9 Å². The van der Waals surface area contributed by atoms with Crippen molar-refractivity contribution in [1.82, 2.24) is 0 Å². The van der Waals surface area contributed by atoms with E-state index >= 15 is 20.8 Å². The zero-order chi connectivity index (χ0) is 73.6. The summed E-state index contributed by atoms with van der Waals surface area (Å²) in [5.74, 6) is 2.14. The number of benzene rings is 8. The maximum Gasteiger partial charge on any atom is 0.127 e. The molecule has 0 fully saturated rings. The van der Waals surface area contributed by atoms with Gasteiger partial charge < -0.3 is 18.9 Å². The number of anilines is 4. The van der Waals surface area contributed by atoms with Crippen LogP contribution >= 0.6 is 0 Å². The van der Waals surface area contributed by atoms with Gasteiger partial charge in [0.25, 0.3) is 0 Å². The highest BCUT2D eigenvalue weighted by atomic mass is 16.5. The summed E-state index contributed by atoms with van der Waals surface area (Å²) >= 11 is 0. The number of nitrogens with zero attached hydrogens (tertiary/aromatic N) is 4. The second kappa shape index (κ2) is 28.8. The minimum Gasteiger partial charge on any atom is -0.488 e. The number of ether oxygens (including phenoxy) is 4. The molecule has 0 aliphatic heterocycles. The molecule has 12 nitrogen and oxygen atoms in total. The number of hydrogen-bond donors (Lipinski definition) is 0. The molecule has 532 valence electrons. The van der Waals surface area contributed by atoms with E-state index in [1.807, 2.05) is 132 Å². The lowest BCUT2D eigenvalue weighted by Crippen LogP contribution is -2.37. The molecule has 0 atom stereocenters. The van der Waals surface area contributed by atoms with E-state index in [2.05, 4.69) is 180 Å². The minimum absolute atomic E-state index is 0.0840. The third-order valence-electron chi connectivity index (χ3n) is 18.6. The molecular weight excluding hydrogens is 1240 g/mol. The van der Waals surface area contributed by atoms with Gasteiger partial charge in [-0.25, -0.2) is 20.3 Å². The Morgan fingerprint density at radius 3 is 0.500 bits per heavy atom. The van der Waals surface area contributed by atoms with Gasteiger partial charge in [0.15, 0.2) is 0 Å². The zero-order valence-electron chi connectivity index (χ0n) is 64.6. The van der Waals surface area contributed by atoms with Gasteiger partial charge in [-0.3, -0.25) is 0 Å². The Balaban J connectivity index is 1.42. The van der Waals surface area contributed by atoms with Crippen molar-refractivity contribution in [3.8, 4) is 23.0 Å². The second-order valence-corrected chi connectivity index (χ2v) is 35.9. The monoisotopic (exact) mass is 1350 g/mol.